The summed E-state index contributed by atoms with van der Waals surface area (Å²) in [4.78, 5) is 24.6. The molecule has 8 nitrogen and oxygen atoms in total. The molecule has 20 heavy (non-hydrogen) atoms. The zero-order valence-electron chi connectivity index (χ0n) is 10.6. The van der Waals surface area contributed by atoms with E-state index in [2.05, 4.69) is 0 Å². The van der Waals surface area contributed by atoms with Gasteiger partial charge in [-0.2, -0.15) is 0 Å². The van der Waals surface area contributed by atoms with Crippen LogP contribution in [0.1, 0.15) is 23.4 Å². The smallest absolute Gasteiger partial charge is 0.289 e. The minimum atomic E-state index is -3.96. The molecule has 0 bridgehead atoms. The lowest BCUT2D eigenvalue weighted by Gasteiger charge is -2.29. The van der Waals surface area contributed by atoms with E-state index < -0.39 is 21.0 Å². The van der Waals surface area contributed by atoms with E-state index in [1.54, 1.807) is 0 Å². The summed E-state index contributed by atoms with van der Waals surface area (Å²) in [5.41, 5.74) is 5.21. The van der Waals surface area contributed by atoms with Crippen LogP contribution in [0.3, 0.4) is 0 Å². The SMILES string of the molecule is NC(=O)C1CCN(C(=O)c2ccc(S(N)(=O)=O)o2)CC1. The van der Waals surface area contributed by atoms with Gasteiger partial charge >= 0.3 is 0 Å². The lowest BCUT2D eigenvalue weighted by molar-refractivity contribution is -0.123. The largest absolute Gasteiger partial charge is 0.438 e. The number of carbonyl (C=O) groups excluding carboxylic acids is 2. The zero-order chi connectivity index (χ0) is 14.9. The Hall–Kier alpha value is -1.87. The number of primary sulfonamides is 1. The van der Waals surface area contributed by atoms with Gasteiger partial charge in [0.1, 0.15) is 0 Å². The molecule has 1 aliphatic rings. The van der Waals surface area contributed by atoms with Crippen molar-refractivity contribution in [3.63, 3.8) is 0 Å². The molecule has 1 aromatic rings. The first-order valence-electron chi connectivity index (χ1n) is 6.00. The molecular weight excluding hydrogens is 286 g/mol. The minimum absolute atomic E-state index is 0.0912. The summed E-state index contributed by atoms with van der Waals surface area (Å²) in [5.74, 6) is -1.11. The summed E-state index contributed by atoms with van der Waals surface area (Å²) >= 11 is 0. The Bertz CT molecular complexity index is 628. The number of likely N-dealkylation sites (tertiary alicyclic amines) is 1. The number of furan rings is 1. The number of nitrogens with zero attached hydrogens (tertiary/aromatic N) is 1. The van der Waals surface area contributed by atoms with Gasteiger partial charge in [-0.3, -0.25) is 9.59 Å². The average molecular weight is 301 g/mol. The highest BCUT2D eigenvalue weighted by Gasteiger charge is 2.28. The number of rotatable bonds is 3. The molecule has 1 aromatic heterocycles. The second-order valence-corrected chi connectivity index (χ2v) is 6.12. The molecule has 1 aliphatic heterocycles. The number of hydrogen-bond donors (Lipinski definition) is 2. The Morgan fingerprint density at radius 1 is 1.25 bits per heavy atom. The van der Waals surface area contributed by atoms with E-state index in [0.29, 0.717) is 25.9 Å². The van der Waals surface area contributed by atoms with Gasteiger partial charge < -0.3 is 15.1 Å². The van der Waals surface area contributed by atoms with Crippen LogP contribution in [0, 0.1) is 5.92 Å². The molecule has 0 spiro atoms. The van der Waals surface area contributed by atoms with Crippen LogP contribution in [0.2, 0.25) is 0 Å². The number of carbonyl (C=O) groups is 2. The maximum absolute atomic E-state index is 12.1. The standard InChI is InChI=1S/C11H15N3O5S/c12-10(15)7-3-5-14(6-4-7)11(16)8-1-2-9(19-8)20(13,17)18/h1-2,7H,3-6H2,(H2,12,15)(H2,13,17,18). The van der Waals surface area contributed by atoms with Gasteiger partial charge in [-0.25, -0.2) is 13.6 Å². The van der Waals surface area contributed by atoms with E-state index in [0.717, 1.165) is 6.07 Å². The van der Waals surface area contributed by atoms with E-state index in [1.807, 2.05) is 0 Å². The number of sulfonamides is 1. The van der Waals surface area contributed by atoms with Crippen molar-refractivity contribution in [1.29, 1.82) is 0 Å². The first kappa shape index (κ1) is 14.5. The van der Waals surface area contributed by atoms with Gasteiger partial charge in [0.25, 0.3) is 15.9 Å². The van der Waals surface area contributed by atoms with Crippen molar-refractivity contribution >= 4 is 21.8 Å². The number of hydrogen-bond acceptors (Lipinski definition) is 5. The summed E-state index contributed by atoms with van der Waals surface area (Å²) in [6.07, 6.45) is 0.980. The van der Waals surface area contributed by atoms with E-state index >= 15 is 0 Å². The molecule has 2 rings (SSSR count). The Labute approximate surface area is 115 Å². The van der Waals surface area contributed by atoms with Gasteiger partial charge in [0.05, 0.1) is 0 Å². The van der Waals surface area contributed by atoms with Crippen molar-refractivity contribution in [3.8, 4) is 0 Å². The number of amides is 2. The molecule has 9 heteroatoms. The van der Waals surface area contributed by atoms with Gasteiger partial charge in [-0.1, -0.05) is 0 Å². The fraction of sp³-hybridized carbons (Fsp3) is 0.455. The molecule has 0 aromatic carbocycles. The first-order valence-corrected chi connectivity index (χ1v) is 7.55. The topological polar surface area (TPSA) is 137 Å². The summed E-state index contributed by atoms with van der Waals surface area (Å²) in [6.45, 7) is 0.746. The third kappa shape index (κ3) is 2.99. The second-order valence-electron chi connectivity index (χ2n) is 4.63. The highest BCUT2D eigenvalue weighted by Crippen LogP contribution is 2.20. The number of primary amides is 1. The lowest BCUT2D eigenvalue weighted by atomic mass is 9.96. The van der Waals surface area contributed by atoms with Crippen molar-refractivity contribution in [2.45, 2.75) is 17.9 Å². The number of nitrogens with two attached hydrogens (primary N) is 2. The predicted molar refractivity (Wildman–Crippen MR) is 67.9 cm³/mol. The fourth-order valence-electron chi connectivity index (χ4n) is 2.11. The monoisotopic (exact) mass is 301 g/mol. The Balaban J connectivity index is 2.06. The maximum Gasteiger partial charge on any atom is 0.289 e. The van der Waals surface area contributed by atoms with Gasteiger partial charge in [0, 0.05) is 19.0 Å². The van der Waals surface area contributed by atoms with E-state index in [9.17, 15) is 18.0 Å². The summed E-state index contributed by atoms with van der Waals surface area (Å²) < 4.78 is 27.1. The highest BCUT2D eigenvalue weighted by molar-refractivity contribution is 7.89. The zero-order valence-corrected chi connectivity index (χ0v) is 11.4. The van der Waals surface area contributed by atoms with Crippen molar-refractivity contribution < 1.29 is 22.4 Å². The van der Waals surface area contributed by atoms with Crippen molar-refractivity contribution in [2.75, 3.05) is 13.1 Å². The van der Waals surface area contributed by atoms with Crippen LogP contribution in [0.5, 0.6) is 0 Å². The molecule has 1 saturated heterocycles. The van der Waals surface area contributed by atoms with E-state index in [-0.39, 0.29) is 17.6 Å². The van der Waals surface area contributed by atoms with Crippen LogP contribution in [0.25, 0.3) is 0 Å². The maximum atomic E-state index is 12.1. The average Bonchev–Trinajstić information content (AvgIpc) is 2.87. The first-order chi connectivity index (χ1) is 9.29. The molecule has 0 aliphatic carbocycles. The van der Waals surface area contributed by atoms with Crippen molar-refractivity contribution in [3.05, 3.63) is 17.9 Å². The summed E-state index contributed by atoms with van der Waals surface area (Å²) in [7, 11) is -3.96. The van der Waals surface area contributed by atoms with Crippen LogP contribution in [-0.4, -0.2) is 38.2 Å². The molecule has 0 unspecified atom stereocenters. The van der Waals surface area contributed by atoms with E-state index in [4.69, 9.17) is 15.3 Å². The van der Waals surface area contributed by atoms with Crippen molar-refractivity contribution in [1.82, 2.24) is 4.90 Å². The van der Waals surface area contributed by atoms with Gasteiger partial charge in [0.2, 0.25) is 11.0 Å². The summed E-state index contributed by atoms with van der Waals surface area (Å²) in [6, 6.07) is 2.40. The molecule has 0 radical (unpaired) electrons. The second kappa shape index (κ2) is 5.25. The van der Waals surface area contributed by atoms with Gasteiger partial charge in [-0.15, -0.1) is 0 Å². The Kier molecular flexibility index (Phi) is 3.82. The molecule has 2 heterocycles. The van der Waals surface area contributed by atoms with Crippen LogP contribution in [-0.2, 0) is 14.8 Å². The molecule has 1 fully saturated rings. The molecule has 4 N–H and O–H groups in total. The molecular formula is C11H15N3O5S. The molecule has 0 saturated carbocycles. The van der Waals surface area contributed by atoms with Gasteiger partial charge in [-0.05, 0) is 25.0 Å². The van der Waals surface area contributed by atoms with Crippen molar-refractivity contribution in [2.24, 2.45) is 16.8 Å². The number of piperidine rings is 1. The highest BCUT2D eigenvalue weighted by atomic mass is 32.2. The minimum Gasteiger partial charge on any atom is -0.438 e. The van der Waals surface area contributed by atoms with Gasteiger partial charge in [0.15, 0.2) is 5.76 Å². The molecule has 2 amide bonds. The predicted octanol–water partition coefficient (Wildman–Crippen LogP) is -0.735. The van der Waals surface area contributed by atoms with Crippen LogP contribution in [0.4, 0.5) is 0 Å². The molecule has 110 valence electrons. The Morgan fingerprint density at radius 3 is 2.30 bits per heavy atom. The van der Waals surface area contributed by atoms with Crippen LogP contribution < -0.4 is 10.9 Å². The Morgan fingerprint density at radius 2 is 1.85 bits per heavy atom. The van der Waals surface area contributed by atoms with E-state index in [1.165, 1.54) is 11.0 Å². The van der Waals surface area contributed by atoms with Crippen LogP contribution in [0.15, 0.2) is 21.6 Å². The normalized spacial score (nSPS) is 17.1. The van der Waals surface area contributed by atoms with Crippen LogP contribution >= 0.6 is 0 Å². The lowest BCUT2D eigenvalue weighted by Crippen LogP contribution is -2.41. The molecule has 0 atom stereocenters. The third-order valence-corrected chi connectivity index (χ3v) is 4.04. The quantitative estimate of drug-likeness (QED) is 0.757. The fourth-order valence-corrected chi connectivity index (χ4v) is 2.57. The summed E-state index contributed by atoms with van der Waals surface area (Å²) in [5, 5.41) is 4.45. The third-order valence-electron chi connectivity index (χ3n) is 3.26.